The predicted molar refractivity (Wildman–Crippen MR) is 55.0 cm³/mol. The van der Waals surface area contributed by atoms with Crippen molar-refractivity contribution >= 4 is 9.73 Å². The highest BCUT2D eigenvalue weighted by atomic mass is 32.2. The van der Waals surface area contributed by atoms with Gasteiger partial charge in [-0.1, -0.05) is 31.2 Å². The molecule has 0 aromatic heterocycles. The van der Waals surface area contributed by atoms with Crippen LogP contribution in [0.2, 0.25) is 0 Å². The van der Waals surface area contributed by atoms with Crippen LogP contribution in [0.1, 0.15) is 13.3 Å². The topological polar surface area (TPSA) is 40.9 Å². The van der Waals surface area contributed by atoms with E-state index in [0.717, 1.165) is 6.42 Å². The molecule has 1 aromatic rings. The fourth-order valence-electron chi connectivity index (χ4n) is 0.933. The van der Waals surface area contributed by atoms with E-state index >= 15 is 0 Å². The van der Waals surface area contributed by atoms with Crippen molar-refractivity contribution in [2.24, 2.45) is 0 Å². The van der Waals surface area contributed by atoms with Gasteiger partial charge in [-0.05, 0) is 18.6 Å². The van der Waals surface area contributed by atoms with Gasteiger partial charge in [0.1, 0.15) is 0 Å². The Bertz CT molecular complexity index is 379. The minimum atomic E-state index is -2.70. The Labute approximate surface area is 79.3 Å². The number of nitrogens with one attached hydrogen (secondary N) is 1. The maximum absolute atomic E-state index is 11.7. The summed E-state index contributed by atoms with van der Waals surface area (Å²) in [4.78, 5) is 0.569. The van der Waals surface area contributed by atoms with Gasteiger partial charge in [0.2, 0.25) is 0 Å². The molecule has 1 rings (SSSR count). The predicted octanol–water partition coefficient (Wildman–Crippen LogP) is 3.02. The van der Waals surface area contributed by atoms with E-state index in [1.807, 2.05) is 13.0 Å². The van der Waals surface area contributed by atoms with Crippen LogP contribution >= 0.6 is 0 Å². The number of allylic oxidation sites excluding steroid dienone is 1. The van der Waals surface area contributed by atoms with E-state index in [-0.39, 0.29) is 0 Å². The Kier molecular flexibility index (Phi) is 3.25. The minimum Gasteiger partial charge on any atom is -0.245 e. The summed E-state index contributed by atoms with van der Waals surface area (Å²) in [5, 5.41) is 1.47. The van der Waals surface area contributed by atoms with E-state index in [2.05, 4.69) is 0 Å². The molecular formula is C10H13NOS. The second-order valence-electron chi connectivity index (χ2n) is 2.69. The maximum Gasteiger partial charge on any atom is 0.0939 e. The molecule has 1 unspecified atom stereocenters. The van der Waals surface area contributed by atoms with Gasteiger partial charge in [-0.15, -0.1) is 0 Å². The molecule has 1 atom stereocenters. The quantitative estimate of drug-likeness (QED) is 0.791. The third kappa shape index (κ3) is 2.70. The lowest BCUT2D eigenvalue weighted by Gasteiger charge is -2.00. The summed E-state index contributed by atoms with van der Waals surface area (Å²) < 4.78 is 19.3. The molecule has 0 spiro atoms. The molecular weight excluding hydrogens is 182 g/mol. The zero-order valence-corrected chi connectivity index (χ0v) is 8.38. The van der Waals surface area contributed by atoms with Crippen LogP contribution in [0.25, 0.3) is 0 Å². The Morgan fingerprint density at radius 1 is 1.38 bits per heavy atom. The van der Waals surface area contributed by atoms with Gasteiger partial charge in [-0.25, -0.2) is 8.99 Å². The fraction of sp³-hybridized carbons (Fsp3) is 0.200. The molecule has 3 heteroatoms. The molecule has 0 fully saturated rings. The number of rotatable bonds is 3. The molecule has 0 saturated heterocycles. The van der Waals surface area contributed by atoms with E-state index in [1.165, 1.54) is 5.41 Å². The van der Waals surface area contributed by atoms with Crippen molar-refractivity contribution in [3.8, 4) is 0 Å². The van der Waals surface area contributed by atoms with E-state index in [1.54, 1.807) is 30.3 Å². The van der Waals surface area contributed by atoms with E-state index in [4.69, 9.17) is 4.78 Å². The monoisotopic (exact) mass is 195 g/mol. The normalized spacial score (nSPS) is 15.8. The van der Waals surface area contributed by atoms with Gasteiger partial charge in [0.05, 0.1) is 14.6 Å². The van der Waals surface area contributed by atoms with Gasteiger partial charge in [0.25, 0.3) is 0 Å². The molecule has 0 bridgehead atoms. The SMILES string of the molecule is CC/C=C/S(=N)(=O)c1ccccc1. The van der Waals surface area contributed by atoms with Crippen LogP contribution in [-0.2, 0) is 9.73 Å². The highest BCUT2D eigenvalue weighted by molar-refractivity contribution is 7.95. The fourth-order valence-corrected chi connectivity index (χ4v) is 2.12. The summed E-state index contributed by atoms with van der Waals surface area (Å²) >= 11 is 0. The average Bonchev–Trinajstić information content (AvgIpc) is 2.16. The van der Waals surface area contributed by atoms with E-state index in [9.17, 15) is 4.21 Å². The molecule has 0 saturated carbocycles. The molecule has 0 aliphatic carbocycles. The molecule has 0 aliphatic rings. The summed E-state index contributed by atoms with van der Waals surface area (Å²) in [5.74, 6) is 0. The van der Waals surface area contributed by atoms with Gasteiger partial charge in [-0.2, -0.15) is 0 Å². The molecule has 0 aliphatic heterocycles. The molecule has 1 aromatic carbocycles. The first kappa shape index (κ1) is 9.99. The average molecular weight is 195 g/mol. The van der Waals surface area contributed by atoms with Gasteiger partial charge in [0, 0.05) is 5.41 Å². The summed E-state index contributed by atoms with van der Waals surface area (Å²) in [6, 6.07) is 8.87. The van der Waals surface area contributed by atoms with Crippen molar-refractivity contribution in [1.29, 1.82) is 4.78 Å². The first-order valence-corrected chi connectivity index (χ1v) is 5.79. The molecule has 0 radical (unpaired) electrons. The highest BCUT2D eigenvalue weighted by Crippen LogP contribution is 2.12. The third-order valence-electron chi connectivity index (χ3n) is 1.62. The number of hydrogen-bond donors (Lipinski definition) is 1. The first-order valence-electron chi connectivity index (χ1n) is 4.17. The van der Waals surface area contributed by atoms with Crippen molar-refractivity contribution in [1.82, 2.24) is 0 Å². The largest absolute Gasteiger partial charge is 0.245 e. The molecule has 0 heterocycles. The van der Waals surface area contributed by atoms with Crippen LogP contribution in [0.15, 0.2) is 46.7 Å². The van der Waals surface area contributed by atoms with Gasteiger partial charge >= 0.3 is 0 Å². The summed E-state index contributed by atoms with van der Waals surface area (Å²) in [6.07, 6.45) is 2.57. The van der Waals surface area contributed by atoms with Gasteiger partial charge in [-0.3, -0.25) is 0 Å². The maximum atomic E-state index is 11.7. The number of benzene rings is 1. The summed E-state index contributed by atoms with van der Waals surface area (Å²) in [6.45, 7) is 1.96. The molecule has 13 heavy (non-hydrogen) atoms. The molecule has 70 valence electrons. The Hall–Kier alpha value is -1.09. The highest BCUT2D eigenvalue weighted by Gasteiger charge is 2.02. The minimum absolute atomic E-state index is 0.569. The van der Waals surface area contributed by atoms with Crippen molar-refractivity contribution in [2.75, 3.05) is 0 Å². The van der Waals surface area contributed by atoms with Crippen LogP contribution in [0.5, 0.6) is 0 Å². The third-order valence-corrected chi connectivity index (χ3v) is 3.17. The lowest BCUT2D eigenvalue weighted by Crippen LogP contribution is -1.92. The molecule has 1 N–H and O–H groups in total. The second kappa shape index (κ2) is 4.23. The van der Waals surface area contributed by atoms with E-state index in [0.29, 0.717) is 4.90 Å². The smallest absolute Gasteiger partial charge is 0.0939 e. The van der Waals surface area contributed by atoms with Crippen LogP contribution in [0, 0.1) is 4.78 Å². The van der Waals surface area contributed by atoms with Crippen LogP contribution in [-0.4, -0.2) is 4.21 Å². The zero-order valence-electron chi connectivity index (χ0n) is 7.57. The van der Waals surface area contributed by atoms with Crippen molar-refractivity contribution in [3.63, 3.8) is 0 Å². The van der Waals surface area contributed by atoms with Crippen molar-refractivity contribution in [3.05, 3.63) is 41.8 Å². The van der Waals surface area contributed by atoms with Crippen LogP contribution in [0.3, 0.4) is 0 Å². The lowest BCUT2D eigenvalue weighted by atomic mass is 10.4. The summed E-state index contributed by atoms with van der Waals surface area (Å²) in [5.41, 5.74) is 0. The second-order valence-corrected chi connectivity index (χ2v) is 4.64. The number of hydrogen-bond acceptors (Lipinski definition) is 2. The van der Waals surface area contributed by atoms with E-state index < -0.39 is 9.73 Å². The van der Waals surface area contributed by atoms with Crippen molar-refractivity contribution < 1.29 is 4.21 Å². The van der Waals surface area contributed by atoms with Crippen molar-refractivity contribution in [2.45, 2.75) is 18.2 Å². The Morgan fingerprint density at radius 3 is 2.54 bits per heavy atom. The van der Waals surface area contributed by atoms with Gasteiger partial charge < -0.3 is 0 Å². The first-order chi connectivity index (χ1) is 6.17. The van der Waals surface area contributed by atoms with Crippen LogP contribution in [0.4, 0.5) is 0 Å². The van der Waals surface area contributed by atoms with Crippen LogP contribution < -0.4 is 0 Å². The molecule has 0 amide bonds. The Morgan fingerprint density at radius 2 is 2.00 bits per heavy atom. The summed E-state index contributed by atoms with van der Waals surface area (Å²) in [7, 11) is -2.70. The Balaban J connectivity index is 3.02. The lowest BCUT2D eigenvalue weighted by molar-refractivity contribution is 0.680. The standard InChI is InChI=1S/C10H13NOS/c1-2-3-9-13(11,12)10-7-5-4-6-8-10/h3-9,11H,2H2,1H3/b9-3+. The molecule has 2 nitrogen and oxygen atoms in total. The zero-order chi connectivity index (χ0) is 9.73. The van der Waals surface area contributed by atoms with Gasteiger partial charge in [0.15, 0.2) is 0 Å².